The third-order valence-electron chi connectivity index (χ3n) is 3.11. The number of carbonyl (C=O) groups is 2. The van der Waals surface area contributed by atoms with Crippen molar-refractivity contribution in [3.8, 4) is 0 Å². The molecule has 1 atom stereocenters. The van der Waals surface area contributed by atoms with Crippen molar-refractivity contribution in [1.82, 2.24) is 0 Å². The molecule has 0 heterocycles. The van der Waals surface area contributed by atoms with Crippen molar-refractivity contribution in [2.75, 3.05) is 12.8 Å². The van der Waals surface area contributed by atoms with Crippen LogP contribution in [0.25, 0.3) is 0 Å². The normalized spacial score (nSPS) is 13.8. The second-order valence-electron chi connectivity index (χ2n) is 5.05. The van der Waals surface area contributed by atoms with Gasteiger partial charge >= 0.3 is 0 Å². The Morgan fingerprint density at radius 3 is 1.96 bits per heavy atom. The molecule has 142 valence electrons. The van der Waals surface area contributed by atoms with E-state index < -0.39 is 0 Å². The Morgan fingerprint density at radius 2 is 1.60 bits per heavy atom. The second-order valence-corrected chi connectivity index (χ2v) is 5.05. The van der Waals surface area contributed by atoms with Crippen LogP contribution in [0, 0.1) is 6.92 Å². The largest absolute Gasteiger partial charge is 0.399 e. The summed E-state index contributed by atoms with van der Waals surface area (Å²) in [6, 6.07) is 8.05. The average Bonchev–Trinajstić information content (AvgIpc) is 2.69. The summed E-state index contributed by atoms with van der Waals surface area (Å²) in [7, 11) is 1.50. The molecule has 0 fully saturated rings. The summed E-state index contributed by atoms with van der Waals surface area (Å²) < 4.78 is 0. The van der Waals surface area contributed by atoms with E-state index in [1.165, 1.54) is 37.4 Å². The van der Waals surface area contributed by atoms with Gasteiger partial charge in [-0.15, -0.1) is 0 Å². The van der Waals surface area contributed by atoms with Crippen molar-refractivity contribution >= 4 is 19.3 Å². The SMILES string of the molecule is C=O.C=O.CCCCC1=CCC(N)C=C1.CN.Cc1ccc(N)cc1. The van der Waals surface area contributed by atoms with Gasteiger partial charge in [0.2, 0.25) is 0 Å². The van der Waals surface area contributed by atoms with Gasteiger partial charge in [-0.2, -0.15) is 0 Å². The van der Waals surface area contributed by atoms with Crippen LogP contribution >= 0.6 is 0 Å². The molecule has 1 aromatic rings. The molecular weight excluding hydrogens is 314 g/mol. The molecule has 1 aromatic carbocycles. The summed E-state index contributed by atoms with van der Waals surface area (Å²) >= 11 is 0. The van der Waals surface area contributed by atoms with Gasteiger partial charge in [0, 0.05) is 11.7 Å². The predicted octanol–water partition coefficient (Wildman–Crippen LogP) is 3.17. The summed E-state index contributed by atoms with van der Waals surface area (Å²) in [4.78, 5) is 16.0. The minimum Gasteiger partial charge on any atom is -0.399 e. The van der Waals surface area contributed by atoms with Crippen LogP contribution in [0.2, 0.25) is 0 Å². The minimum atomic E-state index is 0.264. The first-order chi connectivity index (χ1) is 12.1. The highest BCUT2D eigenvalue weighted by Crippen LogP contribution is 2.14. The number of allylic oxidation sites excluding steroid dienone is 2. The number of rotatable bonds is 3. The van der Waals surface area contributed by atoms with Crippen LogP contribution in [0.1, 0.15) is 38.2 Å². The lowest BCUT2D eigenvalue weighted by molar-refractivity contribution is -0.0987. The number of anilines is 1. The first-order valence-corrected chi connectivity index (χ1v) is 8.22. The van der Waals surface area contributed by atoms with Crippen molar-refractivity contribution < 1.29 is 9.59 Å². The molecule has 0 saturated heterocycles. The average molecular weight is 350 g/mol. The second kappa shape index (κ2) is 21.8. The van der Waals surface area contributed by atoms with E-state index in [9.17, 15) is 0 Å². The van der Waals surface area contributed by atoms with Gasteiger partial charge in [-0.3, -0.25) is 0 Å². The first kappa shape index (κ1) is 27.6. The zero-order chi connectivity index (χ0) is 20.1. The van der Waals surface area contributed by atoms with E-state index in [2.05, 4.69) is 30.9 Å². The Morgan fingerprint density at radius 1 is 1.08 bits per heavy atom. The van der Waals surface area contributed by atoms with E-state index in [1.54, 1.807) is 0 Å². The Kier molecular flexibility index (Phi) is 24.0. The highest BCUT2D eigenvalue weighted by atomic mass is 16.1. The van der Waals surface area contributed by atoms with Crippen LogP contribution in [0.3, 0.4) is 0 Å². The molecule has 0 aromatic heterocycles. The maximum atomic E-state index is 8.00. The smallest absolute Gasteiger partial charge is 0.106 e. The van der Waals surface area contributed by atoms with Gasteiger partial charge in [0.15, 0.2) is 0 Å². The molecule has 1 unspecified atom stereocenters. The van der Waals surface area contributed by atoms with Crippen LogP contribution in [-0.2, 0) is 9.59 Å². The van der Waals surface area contributed by atoms with Gasteiger partial charge < -0.3 is 26.8 Å². The Labute approximate surface area is 153 Å². The minimum absolute atomic E-state index is 0.264. The number of hydrogen-bond donors (Lipinski definition) is 3. The summed E-state index contributed by atoms with van der Waals surface area (Å²) in [5, 5.41) is 0. The number of unbranched alkanes of at least 4 members (excludes halogenated alkanes) is 1. The molecule has 0 aliphatic heterocycles. The van der Waals surface area contributed by atoms with Crippen molar-refractivity contribution in [2.45, 2.75) is 45.6 Å². The van der Waals surface area contributed by atoms with Crippen molar-refractivity contribution in [2.24, 2.45) is 11.5 Å². The zero-order valence-electron chi connectivity index (χ0n) is 15.9. The molecule has 2 rings (SSSR count). The molecule has 0 bridgehead atoms. The fourth-order valence-electron chi connectivity index (χ4n) is 1.81. The number of carbonyl (C=O) groups excluding carboxylic acids is 2. The van der Waals surface area contributed by atoms with E-state index in [4.69, 9.17) is 21.1 Å². The molecule has 0 amide bonds. The topological polar surface area (TPSA) is 112 Å². The molecule has 5 heteroatoms. The molecule has 0 radical (unpaired) electrons. The van der Waals surface area contributed by atoms with E-state index in [0.29, 0.717) is 0 Å². The summed E-state index contributed by atoms with van der Waals surface area (Å²) in [5.41, 5.74) is 19.2. The Balaban J connectivity index is -0.000000305. The number of aryl methyl sites for hydroxylation is 1. The standard InChI is InChI=1S/C10H17N.C7H9N.CH5N.2CH2O/c1-2-3-4-9-5-7-10(11)8-6-9;1-6-2-4-7(8)5-3-6;3*1-2/h5-7,10H,2-4,8,11H2,1H3;2-5H,8H2,1H3;2H2,1H3;2*1H2. The van der Waals surface area contributed by atoms with E-state index in [-0.39, 0.29) is 6.04 Å². The predicted molar refractivity (Wildman–Crippen MR) is 109 cm³/mol. The molecular formula is C20H35N3O2. The van der Waals surface area contributed by atoms with Gasteiger partial charge in [0.1, 0.15) is 13.6 Å². The lowest BCUT2D eigenvalue weighted by Gasteiger charge is -2.10. The summed E-state index contributed by atoms with van der Waals surface area (Å²) in [6.07, 6.45) is 11.4. The molecule has 1 aliphatic carbocycles. The molecule has 0 spiro atoms. The molecule has 6 N–H and O–H groups in total. The van der Waals surface area contributed by atoms with Crippen molar-refractivity contribution in [1.29, 1.82) is 0 Å². The highest BCUT2D eigenvalue weighted by molar-refractivity contribution is 5.38. The summed E-state index contributed by atoms with van der Waals surface area (Å²) in [6.45, 7) is 8.26. The van der Waals surface area contributed by atoms with Crippen LogP contribution < -0.4 is 17.2 Å². The lowest BCUT2D eigenvalue weighted by Crippen LogP contribution is -2.17. The van der Waals surface area contributed by atoms with Crippen LogP contribution in [0.15, 0.2) is 48.1 Å². The number of nitrogens with two attached hydrogens (primary N) is 3. The first-order valence-electron chi connectivity index (χ1n) is 8.22. The molecule has 1 aliphatic rings. The van der Waals surface area contributed by atoms with Crippen LogP contribution in [0.4, 0.5) is 5.69 Å². The van der Waals surface area contributed by atoms with Gasteiger partial charge in [0.25, 0.3) is 0 Å². The third-order valence-corrected chi connectivity index (χ3v) is 3.11. The monoisotopic (exact) mass is 349 g/mol. The number of benzene rings is 1. The molecule has 0 saturated carbocycles. The molecule has 5 nitrogen and oxygen atoms in total. The molecule has 25 heavy (non-hydrogen) atoms. The van der Waals surface area contributed by atoms with Gasteiger partial charge in [-0.1, -0.05) is 54.8 Å². The number of hydrogen-bond acceptors (Lipinski definition) is 5. The fraction of sp³-hybridized carbons (Fsp3) is 0.400. The Hall–Kier alpha value is -2.24. The summed E-state index contributed by atoms with van der Waals surface area (Å²) in [5.74, 6) is 0. The van der Waals surface area contributed by atoms with Crippen LogP contribution in [-0.4, -0.2) is 26.7 Å². The third kappa shape index (κ3) is 17.9. The quantitative estimate of drug-likeness (QED) is 0.726. The lowest BCUT2D eigenvalue weighted by atomic mass is 10.00. The maximum Gasteiger partial charge on any atom is 0.106 e. The zero-order valence-corrected chi connectivity index (χ0v) is 15.9. The van der Waals surface area contributed by atoms with E-state index >= 15 is 0 Å². The highest BCUT2D eigenvalue weighted by Gasteiger charge is 2.02. The van der Waals surface area contributed by atoms with Gasteiger partial charge in [-0.05, 0) is 45.4 Å². The van der Waals surface area contributed by atoms with E-state index in [1.807, 2.05) is 44.8 Å². The van der Waals surface area contributed by atoms with Gasteiger partial charge in [-0.25, -0.2) is 0 Å². The van der Waals surface area contributed by atoms with Crippen molar-refractivity contribution in [3.63, 3.8) is 0 Å². The van der Waals surface area contributed by atoms with Crippen molar-refractivity contribution in [3.05, 3.63) is 53.6 Å². The van der Waals surface area contributed by atoms with Gasteiger partial charge in [0.05, 0.1) is 0 Å². The van der Waals surface area contributed by atoms with E-state index in [0.717, 1.165) is 12.1 Å². The Bertz CT molecular complexity index is 434. The van der Waals surface area contributed by atoms with Crippen LogP contribution in [0.5, 0.6) is 0 Å². The maximum absolute atomic E-state index is 8.00. The number of nitrogen functional groups attached to an aromatic ring is 1. The fourth-order valence-corrected chi connectivity index (χ4v) is 1.81.